The number of nitrogens with one attached hydrogen (secondary N) is 1. The highest BCUT2D eigenvalue weighted by Crippen LogP contribution is 2.19. The van der Waals surface area contributed by atoms with Crippen molar-refractivity contribution in [2.75, 3.05) is 5.32 Å². The van der Waals surface area contributed by atoms with Crippen LogP contribution in [-0.4, -0.2) is 15.5 Å². The summed E-state index contributed by atoms with van der Waals surface area (Å²) in [5.41, 5.74) is 0.485. The fourth-order valence-corrected chi connectivity index (χ4v) is 2.51. The third-order valence-corrected chi connectivity index (χ3v) is 3.95. The number of hydrogen-bond donors (Lipinski definition) is 1. The number of anilines is 1. The van der Waals surface area contributed by atoms with Crippen LogP contribution in [0.2, 0.25) is 0 Å². The molecule has 1 N–H and O–H groups in total. The van der Waals surface area contributed by atoms with Crippen LogP contribution in [-0.2, 0) is 0 Å². The van der Waals surface area contributed by atoms with Gasteiger partial charge in [-0.2, -0.15) is 0 Å². The van der Waals surface area contributed by atoms with E-state index < -0.39 is 11.3 Å². The van der Waals surface area contributed by atoms with Crippen LogP contribution in [0.15, 0.2) is 65.8 Å². The van der Waals surface area contributed by atoms with Gasteiger partial charge in [-0.25, -0.2) is 9.37 Å². The van der Waals surface area contributed by atoms with E-state index in [4.69, 9.17) is 0 Å². The summed E-state index contributed by atoms with van der Waals surface area (Å²) in [5, 5.41) is 2.63. The molecule has 0 fully saturated rings. The third-order valence-electron chi connectivity index (χ3n) is 3.95. The van der Waals surface area contributed by atoms with Crippen molar-refractivity contribution in [1.82, 2.24) is 9.55 Å². The molecule has 3 aromatic rings. The van der Waals surface area contributed by atoms with Gasteiger partial charge in [0.2, 0.25) is 5.43 Å². The molecule has 0 aliphatic carbocycles. The van der Waals surface area contributed by atoms with E-state index in [0.717, 1.165) is 0 Å². The molecular weight excluding hydrogens is 333 g/mol. The number of pyridine rings is 2. The Balaban J connectivity index is 2.08. The largest absolute Gasteiger partial charge is 0.350 e. The van der Waals surface area contributed by atoms with E-state index in [1.165, 1.54) is 30.5 Å². The van der Waals surface area contributed by atoms with E-state index in [2.05, 4.69) is 10.3 Å². The smallest absolute Gasteiger partial charge is 0.262 e. The SMILES string of the molecule is CC(C)n1cc(C(=O)Nc2ccccn2)c(=O)c(-c2ccc(F)cc2)c1. The molecule has 2 aromatic heterocycles. The van der Waals surface area contributed by atoms with Crippen molar-refractivity contribution in [3.8, 4) is 11.1 Å². The molecule has 0 aliphatic heterocycles. The van der Waals surface area contributed by atoms with Crippen molar-refractivity contribution in [1.29, 1.82) is 0 Å². The Kier molecular flexibility index (Phi) is 4.93. The van der Waals surface area contributed by atoms with E-state index in [9.17, 15) is 14.0 Å². The van der Waals surface area contributed by atoms with Crippen molar-refractivity contribution in [3.05, 3.63) is 82.7 Å². The van der Waals surface area contributed by atoms with Crippen molar-refractivity contribution in [3.63, 3.8) is 0 Å². The van der Waals surface area contributed by atoms with Gasteiger partial charge in [0.15, 0.2) is 0 Å². The van der Waals surface area contributed by atoms with Crippen LogP contribution >= 0.6 is 0 Å². The average Bonchev–Trinajstić information content (AvgIpc) is 2.63. The van der Waals surface area contributed by atoms with Gasteiger partial charge in [-0.3, -0.25) is 9.59 Å². The maximum absolute atomic E-state index is 13.2. The van der Waals surface area contributed by atoms with Gasteiger partial charge in [-0.05, 0) is 43.7 Å². The number of benzene rings is 1. The lowest BCUT2D eigenvalue weighted by atomic mass is 10.0. The summed E-state index contributed by atoms with van der Waals surface area (Å²) in [4.78, 5) is 29.5. The van der Waals surface area contributed by atoms with Gasteiger partial charge in [0.05, 0.1) is 0 Å². The van der Waals surface area contributed by atoms with Gasteiger partial charge >= 0.3 is 0 Å². The highest BCUT2D eigenvalue weighted by atomic mass is 19.1. The summed E-state index contributed by atoms with van der Waals surface area (Å²) < 4.78 is 15.0. The molecule has 132 valence electrons. The lowest BCUT2D eigenvalue weighted by Crippen LogP contribution is -2.25. The first-order valence-corrected chi connectivity index (χ1v) is 8.20. The molecular formula is C20H18FN3O2. The summed E-state index contributed by atoms with van der Waals surface area (Å²) in [7, 11) is 0. The quantitative estimate of drug-likeness (QED) is 0.776. The number of halogens is 1. The first-order chi connectivity index (χ1) is 12.5. The third kappa shape index (κ3) is 3.69. The van der Waals surface area contributed by atoms with Gasteiger partial charge < -0.3 is 9.88 Å². The van der Waals surface area contributed by atoms with Crippen LogP contribution in [0.5, 0.6) is 0 Å². The topological polar surface area (TPSA) is 64.0 Å². The van der Waals surface area contributed by atoms with Crippen LogP contribution in [0, 0.1) is 5.82 Å². The van der Waals surface area contributed by atoms with Crippen molar-refractivity contribution >= 4 is 11.7 Å². The molecule has 5 nitrogen and oxygen atoms in total. The number of carbonyl (C=O) groups excluding carboxylic acids is 1. The predicted octanol–water partition coefficient (Wildman–Crippen LogP) is 3.88. The number of carbonyl (C=O) groups is 1. The average molecular weight is 351 g/mol. The van der Waals surface area contributed by atoms with Crippen LogP contribution < -0.4 is 10.7 Å². The summed E-state index contributed by atoms with van der Waals surface area (Å²) >= 11 is 0. The van der Waals surface area contributed by atoms with E-state index in [1.807, 2.05) is 13.8 Å². The summed E-state index contributed by atoms with van der Waals surface area (Å²) in [6.45, 7) is 3.89. The molecule has 0 saturated heterocycles. The first-order valence-electron chi connectivity index (χ1n) is 8.20. The van der Waals surface area contributed by atoms with Crippen LogP contribution in [0.25, 0.3) is 11.1 Å². The molecule has 0 atom stereocenters. The standard InChI is InChI=1S/C20H18FN3O2/c1-13(2)24-11-16(14-6-8-15(21)9-7-14)19(25)17(12-24)20(26)23-18-5-3-4-10-22-18/h3-13H,1-2H3,(H,22,23,26). The summed E-state index contributed by atoms with van der Waals surface area (Å²) in [6, 6.07) is 10.8. The van der Waals surface area contributed by atoms with Gasteiger partial charge in [0.25, 0.3) is 5.91 Å². The highest BCUT2D eigenvalue weighted by molar-refractivity contribution is 6.04. The summed E-state index contributed by atoms with van der Waals surface area (Å²) in [5.74, 6) is -0.561. The van der Waals surface area contributed by atoms with Crippen molar-refractivity contribution in [2.24, 2.45) is 0 Å². The van der Waals surface area contributed by atoms with E-state index in [0.29, 0.717) is 16.9 Å². The van der Waals surface area contributed by atoms with Gasteiger partial charge in [-0.1, -0.05) is 18.2 Å². The monoisotopic (exact) mass is 351 g/mol. The normalized spacial score (nSPS) is 10.8. The Morgan fingerprint density at radius 1 is 1.12 bits per heavy atom. The Morgan fingerprint density at radius 3 is 2.46 bits per heavy atom. The van der Waals surface area contributed by atoms with Crippen molar-refractivity contribution < 1.29 is 9.18 Å². The van der Waals surface area contributed by atoms with Crippen LogP contribution in [0.1, 0.15) is 30.2 Å². The van der Waals surface area contributed by atoms with Crippen molar-refractivity contribution in [2.45, 2.75) is 19.9 Å². The molecule has 0 radical (unpaired) electrons. The molecule has 0 aliphatic rings. The molecule has 2 heterocycles. The molecule has 0 spiro atoms. The Hall–Kier alpha value is -3.28. The molecule has 0 unspecified atom stereocenters. The van der Waals surface area contributed by atoms with Gasteiger partial charge in [0, 0.05) is 30.2 Å². The number of amides is 1. The second kappa shape index (κ2) is 7.31. The second-order valence-corrected chi connectivity index (χ2v) is 6.13. The molecule has 0 bridgehead atoms. The molecule has 6 heteroatoms. The van der Waals surface area contributed by atoms with E-state index >= 15 is 0 Å². The maximum Gasteiger partial charge on any atom is 0.262 e. The Bertz CT molecular complexity index is 980. The number of nitrogens with zero attached hydrogens (tertiary/aromatic N) is 2. The lowest BCUT2D eigenvalue weighted by Gasteiger charge is -2.15. The molecule has 1 amide bonds. The zero-order valence-corrected chi connectivity index (χ0v) is 14.4. The minimum atomic E-state index is -0.535. The second-order valence-electron chi connectivity index (χ2n) is 6.13. The minimum Gasteiger partial charge on any atom is -0.350 e. The molecule has 1 aromatic carbocycles. The Labute approximate surface area is 150 Å². The number of hydrogen-bond acceptors (Lipinski definition) is 3. The lowest BCUT2D eigenvalue weighted by molar-refractivity contribution is 0.102. The molecule has 3 rings (SSSR count). The van der Waals surface area contributed by atoms with Crippen LogP contribution in [0.4, 0.5) is 10.2 Å². The maximum atomic E-state index is 13.2. The number of aromatic nitrogens is 2. The number of rotatable bonds is 4. The minimum absolute atomic E-state index is 0.00572. The fourth-order valence-electron chi connectivity index (χ4n) is 2.51. The fraction of sp³-hybridized carbons (Fsp3) is 0.150. The van der Waals surface area contributed by atoms with E-state index in [-0.39, 0.29) is 17.4 Å². The first kappa shape index (κ1) is 17.5. The molecule has 26 heavy (non-hydrogen) atoms. The van der Waals surface area contributed by atoms with Crippen LogP contribution in [0.3, 0.4) is 0 Å². The van der Waals surface area contributed by atoms with E-state index in [1.54, 1.807) is 35.2 Å². The zero-order chi connectivity index (χ0) is 18.7. The van der Waals surface area contributed by atoms with Gasteiger partial charge in [-0.15, -0.1) is 0 Å². The molecule has 0 saturated carbocycles. The Morgan fingerprint density at radius 2 is 1.85 bits per heavy atom. The zero-order valence-electron chi connectivity index (χ0n) is 14.4. The highest BCUT2D eigenvalue weighted by Gasteiger charge is 2.17. The van der Waals surface area contributed by atoms with Gasteiger partial charge in [0.1, 0.15) is 17.2 Å². The predicted molar refractivity (Wildman–Crippen MR) is 98.7 cm³/mol. The summed E-state index contributed by atoms with van der Waals surface area (Å²) in [6.07, 6.45) is 4.76.